The highest BCUT2D eigenvalue weighted by molar-refractivity contribution is 5.92. The number of hydrogen-bond acceptors (Lipinski definition) is 6. The number of hydrogen-bond donors (Lipinski definition) is 1. The van der Waals surface area contributed by atoms with Crippen LogP contribution in [0.5, 0.6) is 0 Å². The fourth-order valence-corrected chi connectivity index (χ4v) is 1.99. The van der Waals surface area contributed by atoms with Crippen LogP contribution in [-0.4, -0.2) is 29.9 Å². The molecule has 3 aromatic heterocycles. The van der Waals surface area contributed by atoms with Gasteiger partial charge in [-0.1, -0.05) is 0 Å². The van der Waals surface area contributed by atoms with Crippen molar-refractivity contribution in [3.05, 3.63) is 12.4 Å². The summed E-state index contributed by atoms with van der Waals surface area (Å²) in [7, 11) is 0. The monoisotopic (exact) mass is 227 g/mol. The van der Waals surface area contributed by atoms with Crippen LogP contribution >= 0.6 is 0 Å². The average molecular weight is 227 g/mol. The Morgan fingerprint density at radius 3 is 2.94 bits per heavy atom. The molecule has 0 aliphatic heterocycles. The van der Waals surface area contributed by atoms with Crippen LogP contribution in [-0.2, 0) is 0 Å². The van der Waals surface area contributed by atoms with Gasteiger partial charge in [-0.3, -0.25) is 0 Å². The number of nitrogens with zero attached hydrogens (tertiary/aromatic N) is 6. The average Bonchev–Trinajstić information content (AvgIpc) is 3.07. The Hall–Kier alpha value is -2.31. The van der Waals surface area contributed by atoms with Crippen molar-refractivity contribution < 1.29 is 0 Å². The first-order valence-corrected chi connectivity index (χ1v) is 5.45. The second-order valence-corrected chi connectivity index (χ2v) is 4.26. The Labute approximate surface area is 95.7 Å². The minimum absolute atomic E-state index is 0.492. The molecule has 1 aliphatic rings. The zero-order valence-corrected chi connectivity index (χ0v) is 8.91. The fraction of sp³-hybridized carbons (Fsp3) is 0.300. The van der Waals surface area contributed by atoms with Crippen molar-refractivity contribution >= 4 is 28.0 Å². The van der Waals surface area contributed by atoms with E-state index < -0.39 is 0 Å². The molecular formula is C10H9N7. The van der Waals surface area contributed by atoms with Gasteiger partial charge < -0.3 is 10.3 Å². The van der Waals surface area contributed by atoms with E-state index in [2.05, 4.69) is 25.4 Å². The maximum Gasteiger partial charge on any atom is 0.206 e. The maximum atomic E-state index is 6.13. The summed E-state index contributed by atoms with van der Waals surface area (Å²) in [5, 5.41) is 12.1. The molecule has 1 aliphatic carbocycles. The van der Waals surface area contributed by atoms with Crippen LogP contribution < -0.4 is 5.73 Å². The van der Waals surface area contributed by atoms with Gasteiger partial charge in [0.25, 0.3) is 0 Å². The summed E-state index contributed by atoms with van der Waals surface area (Å²) >= 11 is 0. The van der Waals surface area contributed by atoms with E-state index in [1.807, 2.05) is 10.6 Å². The quantitative estimate of drug-likeness (QED) is 0.657. The molecule has 7 heteroatoms. The third kappa shape index (κ3) is 1.19. The van der Waals surface area contributed by atoms with Crippen molar-refractivity contribution in [2.24, 2.45) is 0 Å². The summed E-state index contributed by atoms with van der Waals surface area (Å²) in [6.07, 6.45) is 4.07. The van der Waals surface area contributed by atoms with E-state index in [4.69, 9.17) is 5.73 Å². The molecule has 7 nitrogen and oxygen atoms in total. The van der Waals surface area contributed by atoms with E-state index in [9.17, 15) is 0 Å². The Balaban J connectivity index is 2.09. The minimum atomic E-state index is 0.492. The molecule has 1 fully saturated rings. The van der Waals surface area contributed by atoms with Crippen molar-refractivity contribution in [1.29, 1.82) is 0 Å². The predicted molar refractivity (Wildman–Crippen MR) is 61.1 cm³/mol. The Morgan fingerprint density at radius 2 is 2.12 bits per heavy atom. The number of nitrogen functional groups attached to an aromatic ring is 1. The van der Waals surface area contributed by atoms with Crippen LogP contribution in [0.15, 0.2) is 12.4 Å². The molecule has 84 valence electrons. The first kappa shape index (κ1) is 8.80. The van der Waals surface area contributed by atoms with Gasteiger partial charge in [0, 0.05) is 6.04 Å². The van der Waals surface area contributed by atoms with Gasteiger partial charge >= 0.3 is 0 Å². The summed E-state index contributed by atoms with van der Waals surface area (Å²) in [5.74, 6) is 0.690. The molecule has 17 heavy (non-hydrogen) atoms. The van der Waals surface area contributed by atoms with Crippen LogP contribution in [0, 0.1) is 0 Å². The summed E-state index contributed by atoms with van der Waals surface area (Å²) in [4.78, 5) is 8.59. The maximum absolute atomic E-state index is 6.13. The molecule has 0 amide bonds. The molecular weight excluding hydrogens is 218 g/mol. The van der Waals surface area contributed by atoms with Crippen molar-refractivity contribution in [1.82, 2.24) is 29.9 Å². The van der Waals surface area contributed by atoms with E-state index in [1.54, 1.807) is 6.33 Å². The zero-order chi connectivity index (χ0) is 11.4. The van der Waals surface area contributed by atoms with Crippen molar-refractivity contribution in [3.63, 3.8) is 0 Å². The molecule has 0 unspecified atom stereocenters. The number of aromatic nitrogens is 6. The molecule has 0 saturated heterocycles. The third-order valence-electron chi connectivity index (χ3n) is 3.05. The molecule has 3 heterocycles. The highest BCUT2D eigenvalue weighted by atomic mass is 15.3. The minimum Gasteiger partial charge on any atom is -0.384 e. The molecule has 0 bridgehead atoms. The second kappa shape index (κ2) is 2.88. The van der Waals surface area contributed by atoms with E-state index in [1.165, 1.54) is 0 Å². The summed E-state index contributed by atoms with van der Waals surface area (Å²) in [6, 6.07) is 2.34. The first-order chi connectivity index (χ1) is 8.33. The van der Waals surface area contributed by atoms with E-state index in [0.717, 1.165) is 18.2 Å². The van der Waals surface area contributed by atoms with Crippen molar-refractivity contribution in [2.45, 2.75) is 18.9 Å². The summed E-state index contributed by atoms with van der Waals surface area (Å²) < 4.78 is 2.00. The van der Waals surface area contributed by atoms with Crippen molar-refractivity contribution in [2.75, 3.05) is 5.73 Å². The van der Waals surface area contributed by atoms with Crippen LogP contribution in [0.4, 0.5) is 5.82 Å². The largest absolute Gasteiger partial charge is 0.384 e. The predicted octanol–water partition coefficient (Wildman–Crippen LogP) is 0.687. The number of anilines is 1. The fourth-order valence-electron chi connectivity index (χ4n) is 1.99. The lowest BCUT2D eigenvalue weighted by Gasteiger charge is -2.10. The van der Waals surface area contributed by atoms with Gasteiger partial charge in [0.15, 0.2) is 5.65 Å². The normalized spacial score (nSPS) is 15.8. The van der Waals surface area contributed by atoms with Gasteiger partial charge in [0.1, 0.15) is 11.3 Å². The topological polar surface area (TPSA) is 95.4 Å². The molecule has 0 aromatic carbocycles. The SMILES string of the molecule is Nc1c2cc3nnnc3nc2ncn1C1CC1. The third-order valence-corrected chi connectivity index (χ3v) is 3.05. The molecule has 0 radical (unpaired) electrons. The Morgan fingerprint density at radius 1 is 1.24 bits per heavy atom. The smallest absolute Gasteiger partial charge is 0.206 e. The number of pyridine rings is 1. The highest BCUT2D eigenvalue weighted by Gasteiger charge is 2.25. The van der Waals surface area contributed by atoms with Crippen LogP contribution in [0.1, 0.15) is 18.9 Å². The lowest BCUT2D eigenvalue weighted by atomic mass is 10.3. The van der Waals surface area contributed by atoms with Gasteiger partial charge in [0.05, 0.1) is 11.7 Å². The summed E-state index contributed by atoms with van der Waals surface area (Å²) in [5.41, 5.74) is 7.89. The highest BCUT2D eigenvalue weighted by Crippen LogP contribution is 2.37. The van der Waals surface area contributed by atoms with Gasteiger partial charge in [-0.05, 0) is 24.1 Å². The van der Waals surface area contributed by atoms with Crippen molar-refractivity contribution in [3.8, 4) is 0 Å². The van der Waals surface area contributed by atoms with E-state index in [0.29, 0.717) is 28.7 Å². The number of fused-ring (bicyclic) bond motifs is 2. The number of rotatable bonds is 1. The van der Waals surface area contributed by atoms with Gasteiger partial charge in [0.2, 0.25) is 5.65 Å². The van der Waals surface area contributed by atoms with E-state index >= 15 is 0 Å². The van der Waals surface area contributed by atoms with Gasteiger partial charge in [-0.15, -0.1) is 10.2 Å². The summed E-state index contributed by atoms with van der Waals surface area (Å²) in [6.45, 7) is 0. The number of nitrogens with two attached hydrogens (primary N) is 1. The molecule has 2 N–H and O–H groups in total. The first-order valence-electron chi connectivity index (χ1n) is 5.45. The Kier molecular flexibility index (Phi) is 1.49. The Bertz CT molecular complexity index is 728. The van der Waals surface area contributed by atoms with E-state index in [-0.39, 0.29) is 0 Å². The zero-order valence-electron chi connectivity index (χ0n) is 8.91. The van der Waals surface area contributed by atoms with Gasteiger partial charge in [-0.2, -0.15) is 0 Å². The molecule has 4 rings (SSSR count). The van der Waals surface area contributed by atoms with Crippen LogP contribution in [0.2, 0.25) is 0 Å². The molecule has 0 atom stereocenters. The van der Waals surface area contributed by atoms with Crippen LogP contribution in [0.25, 0.3) is 22.2 Å². The molecule has 0 spiro atoms. The van der Waals surface area contributed by atoms with Gasteiger partial charge in [-0.25, -0.2) is 9.97 Å². The van der Waals surface area contributed by atoms with Crippen LogP contribution in [0.3, 0.4) is 0 Å². The standard InChI is InChI=1S/C10H9N7/c11-8-6-3-7-10(15-16-14-7)13-9(6)12-4-17(8)5-1-2-5/h3-5H,1-2,11H2. The molecule has 1 saturated carbocycles. The molecule has 3 aromatic rings. The second-order valence-electron chi connectivity index (χ2n) is 4.26. The lowest BCUT2D eigenvalue weighted by Crippen LogP contribution is -2.06. The lowest BCUT2D eigenvalue weighted by molar-refractivity contribution is 0.734.